The van der Waals surface area contributed by atoms with E-state index < -0.39 is 0 Å². The van der Waals surface area contributed by atoms with E-state index in [0.29, 0.717) is 16.9 Å². The van der Waals surface area contributed by atoms with Crippen LogP contribution in [0.4, 0.5) is 0 Å². The van der Waals surface area contributed by atoms with Crippen LogP contribution in [0.3, 0.4) is 0 Å². The molecule has 0 amide bonds. The van der Waals surface area contributed by atoms with Crippen molar-refractivity contribution in [3.8, 4) is 5.75 Å². The topological polar surface area (TPSA) is 52.6 Å². The highest BCUT2D eigenvalue weighted by atomic mass is 16.5. The molecule has 86 valence electrons. The minimum absolute atomic E-state index is 0.0720. The number of ether oxygens (including phenoxy) is 2. The smallest absolute Gasteiger partial charge is 0.310 e. The van der Waals surface area contributed by atoms with Gasteiger partial charge in [0.25, 0.3) is 0 Å². The Morgan fingerprint density at radius 1 is 1.38 bits per heavy atom. The van der Waals surface area contributed by atoms with E-state index >= 15 is 0 Å². The molecule has 4 heteroatoms. The van der Waals surface area contributed by atoms with Crippen LogP contribution in [0.5, 0.6) is 5.75 Å². The van der Waals surface area contributed by atoms with Gasteiger partial charge in [-0.15, -0.1) is 0 Å². The zero-order chi connectivity index (χ0) is 12.1. The summed E-state index contributed by atoms with van der Waals surface area (Å²) in [6.07, 6.45) is 0.815. The summed E-state index contributed by atoms with van der Waals surface area (Å²) in [6, 6.07) is 3.43. The molecule has 0 fully saturated rings. The lowest BCUT2D eigenvalue weighted by molar-refractivity contribution is -0.139. The molecule has 16 heavy (non-hydrogen) atoms. The highest BCUT2D eigenvalue weighted by Gasteiger charge is 2.12. The number of hydrogen-bond donors (Lipinski definition) is 0. The van der Waals surface area contributed by atoms with Gasteiger partial charge in [-0.05, 0) is 30.2 Å². The molecule has 0 aliphatic rings. The second-order valence-electron chi connectivity index (χ2n) is 3.39. The Kier molecular flexibility index (Phi) is 4.05. The number of methoxy groups -OCH3 is 2. The van der Waals surface area contributed by atoms with E-state index in [-0.39, 0.29) is 12.4 Å². The lowest BCUT2D eigenvalue weighted by Gasteiger charge is -2.09. The largest absolute Gasteiger partial charge is 0.497 e. The van der Waals surface area contributed by atoms with Gasteiger partial charge in [0.15, 0.2) is 6.29 Å². The second-order valence-corrected chi connectivity index (χ2v) is 3.39. The van der Waals surface area contributed by atoms with E-state index in [9.17, 15) is 9.59 Å². The van der Waals surface area contributed by atoms with Crippen LogP contribution in [0.25, 0.3) is 0 Å². The van der Waals surface area contributed by atoms with Crippen molar-refractivity contribution in [3.05, 3.63) is 28.8 Å². The van der Waals surface area contributed by atoms with Gasteiger partial charge < -0.3 is 9.47 Å². The van der Waals surface area contributed by atoms with Gasteiger partial charge in [-0.2, -0.15) is 0 Å². The zero-order valence-electron chi connectivity index (χ0n) is 9.57. The van der Waals surface area contributed by atoms with Crippen molar-refractivity contribution in [2.24, 2.45) is 0 Å². The average Bonchev–Trinajstić information content (AvgIpc) is 2.28. The van der Waals surface area contributed by atoms with E-state index in [0.717, 1.165) is 11.8 Å². The molecule has 0 aromatic heterocycles. The Bertz CT molecular complexity index is 410. The van der Waals surface area contributed by atoms with Crippen molar-refractivity contribution in [2.45, 2.75) is 13.3 Å². The summed E-state index contributed by atoms with van der Waals surface area (Å²) in [5.41, 5.74) is 1.93. The van der Waals surface area contributed by atoms with Gasteiger partial charge in [0, 0.05) is 5.56 Å². The molecule has 1 aromatic rings. The Labute approximate surface area is 94.2 Å². The summed E-state index contributed by atoms with van der Waals surface area (Å²) >= 11 is 0. The molecule has 1 rings (SSSR count). The summed E-state index contributed by atoms with van der Waals surface area (Å²) in [5, 5.41) is 0. The van der Waals surface area contributed by atoms with Crippen molar-refractivity contribution in [3.63, 3.8) is 0 Å². The minimum atomic E-state index is -0.379. The molecule has 0 saturated heterocycles. The number of benzene rings is 1. The van der Waals surface area contributed by atoms with Crippen LogP contribution in [0.2, 0.25) is 0 Å². The Hall–Kier alpha value is -1.84. The fraction of sp³-hybridized carbons (Fsp3) is 0.333. The predicted octanol–water partition coefficient (Wildman–Crippen LogP) is 1.53. The molecule has 0 heterocycles. The molecule has 0 N–H and O–H groups in total. The summed E-state index contributed by atoms with van der Waals surface area (Å²) in [5.74, 6) is 0.248. The van der Waals surface area contributed by atoms with Crippen LogP contribution in [-0.4, -0.2) is 26.5 Å². The molecular formula is C12H14O4. The van der Waals surface area contributed by atoms with Gasteiger partial charge in [-0.3, -0.25) is 9.59 Å². The van der Waals surface area contributed by atoms with Crippen LogP contribution in [-0.2, 0) is 16.0 Å². The maximum atomic E-state index is 11.2. The van der Waals surface area contributed by atoms with Gasteiger partial charge in [0.05, 0.1) is 20.6 Å². The fourth-order valence-electron chi connectivity index (χ4n) is 1.50. The molecule has 1 aromatic carbocycles. The maximum Gasteiger partial charge on any atom is 0.310 e. The number of aldehydes is 1. The first kappa shape index (κ1) is 12.2. The summed E-state index contributed by atoms with van der Waals surface area (Å²) < 4.78 is 9.65. The monoisotopic (exact) mass is 222 g/mol. The van der Waals surface area contributed by atoms with Gasteiger partial charge in [-0.25, -0.2) is 0 Å². The normalized spacial score (nSPS) is 9.69. The van der Waals surface area contributed by atoms with Crippen LogP contribution >= 0.6 is 0 Å². The number of carbonyl (C=O) groups excluding carboxylic acids is 2. The van der Waals surface area contributed by atoms with E-state index in [2.05, 4.69) is 4.74 Å². The van der Waals surface area contributed by atoms with E-state index in [1.54, 1.807) is 19.1 Å². The predicted molar refractivity (Wildman–Crippen MR) is 58.8 cm³/mol. The third kappa shape index (κ3) is 2.59. The lowest BCUT2D eigenvalue weighted by atomic mass is 10.00. The van der Waals surface area contributed by atoms with Gasteiger partial charge in [0.2, 0.25) is 0 Å². The Morgan fingerprint density at radius 3 is 2.56 bits per heavy atom. The maximum absolute atomic E-state index is 11.2. The molecule has 0 spiro atoms. The van der Waals surface area contributed by atoms with Crippen LogP contribution in [0.15, 0.2) is 12.1 Å². The first-order valence-corrected chi connectivity index (χ1v) is 4.82. The van der Waals surface area contributed by atoms with Gasteiger partial charge in [-0.1, -0.05) is 0 Å². The van der Waals surface area contributed by atoms with Crippen LogP contribution in [0, 0.1) is 6.92 Å². The quantitative estimate of drug-likeness (QED) is 0.572. The van der Waals surface area contributed by atoms with E-state index in [1.165, 1.54) is 14.2 Å². The highest BCUT2D eigenvalue weighted by molar-refractivity contribution is 5.84. The first-order valence-electron chi connectivity index (χ1n) is 4.82. The van der Waals surface area contributed by atoms with Gasteiger partial charge in [0.1, 0.15) is 5.75 Å². The number of carbonyl (C=O) groups is 2. The van der Waals surface area contributed by atoms with E-state index in [4.69, 9.17) is 4.74 Å². The van der Waals surface area contributed by atoms with Crippen LogP contribution < -0.4 is 4.74 Å². The molecule has 0 saturated carbocycles. The molecule has 0 radical (unpaired) electrons. The highest BCUT2D eigenvalue weighted by Crippen LogP contribution is 2.21. The number of rotatable bonds is 4. The SMILES string of the molecule is COC(=O)Cc1cc(OC)cc(C)c1C=O. The molecule has 4 nitrogen and oxygen atoms in total. The number of esters is 1. The first-order chi connectivity index (χ1) is 7.62. The molecule has 0 unspecified atom stereocenters. The molecule has 0 aliphatic carbocycles. The molecule has 0 aliphatic heterocycles. The van der Waals surface area contributed by atoms with Gasteiger partial charge >= 0.3 is 5.97 Å². The zero-order valence-corrected chi connectivity index (χ0v) is 9.57. The lowest BCUT2D eigenvalue weighted by Crippen LogP contribution is -2.08. The van der Waals surface area contributed by atoms with Crippen LogP contribution in [0.1, 0.15) is 21.5 Å². The minimum Gasteiger partial charge on any atom is -0.497 e. The number of hydrogen-bond acceptors (Lipinski definition) is 4. The standard InChI is InChI=1S/C12H14O4/c1-8-4-10(15-2)5-9(11(8)7-13)6-12(14)16-3/h4-5,7H,6H2,1-3H3. The summed E-state index contributed by atoms with van der Waals surface area (Å²) in [6.45, 7) is 1.80. The van der Waals surface area contributed by atoms with Crippen molar-refractivity contribution >= 4 is 12.3 Å². The van der Waals surface area contributed by atoms with Crippen molar-refractivity contribution in [1.82, 2.24) is 0 Å². The van der Waals surface area contributed by atoms with Crippen molar-refractivity contribution < 1.29 is 19.1 Å². The summed E-state index contributed by atoms with van der Waals surface area (Å²) in [4.78, 5) is 22.1. The second kappa shape index (κ2) is 5.30. The van der Waals surface area contributed by atoms with E-state index in [1.807, 2.05) is 0 Å². The van der Waals surface area contributed by atoms with Crippen molar-refractivity contribution in [1.29, 1.82) is 0 Å². The van der Waals surface area contributed by atoms with Crippen molar-refractivity contribution in [2.75, 3.05) is 14.2 Å². The Balaban J connectivity index is 3.17. The Morgan fingerprint density at radius 2 is 2.06 bits per heavy atom. The molecule has 0 bridgehead atoms. The average molecular weight is 222 g/mol. The third-order valence-electron chi connectivity index (χ3n) is 2.36. The molecule has 0 atom stereocenters. The molecular weight excluding hydrogens is 208 g/mol. The summed E-state index contributed by atoms with van der Waals surface area (Å²) in [7, 11) is 2.85. The number of aryl methyl sites for hydroxylation is 1. The third-order valence-corrected chi connectivity index (χ3v) is 2.36. The fourth-order valence-corrected chi connectivity index (χ4v) is 1.50.